The Morgan fingerprint density at radius 1 is 1.09 bits per heavy atom. The van der Waals surface area contributed by atoms with Crippen LogP contribution in [0.5, 0.6) is 5.75 Å². The fraction of sp³-hybridized carbons (Fsp3) is 0.318. The lowest BCUT2D eigenvalue weighted by atomic mass is 10.0. The highest BCUT2D eigenvalue weighted by atomic mass is 32.2. The minimum Gasteiger partial charge on any atom is -0.496 e. The van der Waals surface area contributed by atoms with Crippen LogP contribution in [-0.4, -0.2) is 29.4 Å². The molecule has 0 saturated carbocycles. The molecule has 1 atom stereocenters. The van der Waals surface area contributed by atoms with Gasteiger partial charge in [-0.25, -0.2) is 0 Å². The SMILES string of the molecule is CC.COc1ccc(CC2SC(=O)NC2=O)cc1C(=O)NCc1ccc(C(F)(F)F)cc1. The number of carbonyl (C=O) groups is 3. The Hall–Kier alpha value is -3.01. The summed E-state index contributed by atoms with van der Waals surface area (Å²) in [5.41, 5.74) is 0.623. The smallest absolute Gasteiger partial charge is 0.416 e. The van der Waals surface area contributed by atoms with Gasteiger partial charge in [0.25, 0.3) is 11.1 Å². The number of nitrogens with one attached hydrogen (secondary N) is 2. The highest BCUT2D eigenvalue weighted by Crippen LogP contribution is 2.29. The highest BCUT2D eigenvalue weighted by Gasteiger charge is 2.32. The van der Waals surface area contributed by atoms with E-state index < -0.39 is 28.1 Å². The minimum absolute atomic E-state index is 0.0275. The van der Waals surface area contributed by atoms with Gasteiger partial charge in [-0.3, -0.25) is 19.7 Å². The van der Waals surface area contributed by atoms with Gasteiger partial charge in [0, 0.05) is 6.54 Å². The average Bonchev–Trinajstić information content (AvgIpc) is 3.09. The van der Waals surface area contributed by atoms with Crippen LogP contribution >= 0.6 is 11.8 Å². The van der Waals surface area contributed by atoms with E-state index in [1.807, 2.05) is 13.8 Å². The maximum Gasteiger partial charge on any atom is 0.416 e. The quantitative estimate of drug-likeness (QED) is 0.649. The molecular formula is C22H23F3N2O4S. The number of hydrogen-bond acceptors (Lipinski definition) is 5. The van der Waals surface area contributed by atoms with Crippen LogP contribution in [0, 0.1) is 0 Å². The first kappa shape index (κ1) is 25.3. The van der Waals surface area contributed by atoms with Gasteiger partial charge in [-0.15, -0.1) is 0 Å². The number of ether oxygens (including phenoxy) is 1. The molecule has 6 nitrogen and oxygen atoms in total. The predicted octanol–water partition coefficient (Wildman–Crippen LogP) is 4.56. The van der Waals surface area contributed by atoms with E-state index in [4.69, 9.17) is 4.74 Å². The van der Waals surface area contributed by atoms with Crippen LogP contribution in [0.25, 0.3) is 0 Å². The molecule has 10 heteroatoms. The highest BCUT2D eigenvalue weighted by molar-refractivity contribution is 8.15. The molecule has 3 amide bonds. The molecule has 1 fully saturated rings. The molecule has 172 valence electrons. The van der Waals surface area contributed by atoms with Crippen molar-refractivity contribution >= 4 is 28.8 Å². The fourth-order valence-corrected chi connectivity index (χ4v) is 3.75. The molecule has 2 aromatic carbocycles. The van der Waals surface area contributed by atoms with Crippen molar-refractivity contribution < 1.29 is 32.3 Å². The Labute approximate surface area is 187 Å². The lowest BCUT2D eigenvalue weighted by Crippen LogP contribution is -2.26. The van der Waals surface area contributed by atoms with E-state index >= 15 is 0 Å². The number of alkyl halides is 3. The lowest BCUT2D eigenvalue weighted by molar-refractivity contribution is -0.137. The predicted molar refractivity (Wildman–Crippen MR) is 116 cm³/mol. The van der Waals surface area contributed by atoms with E-state index in [2.05, 4.69) is 10.6 Å². The summed E-state index contributed by atoms with van der Waals surface area (Å²) >= 11 is 0.892. The first-order valence-corrected chi connectivity index (χ1v) is 10.7. The molecule has 0 radical (unpaired) electrons. The van der Waals surface area contributed by atoms with E-state index in [1.165, 1.54) is 19.2 Å². The summed E-state index contributed by atoms with van der Waals surface area (Å²) in [5.74, 6) is -0.550. The van der Waals surface area contributed by atoms with Crippen molar-refractivity contribution in [3.8, 4) is 5.75 Å². The van der Waals surface area contributed by atoms with Crippen LogP contribution in [0.1, 0.15) is 40.9 Å². The van der Waals surface area contributed by atoms with Crippen molar-refractivity contribution in [2.75, 3.05) is 7.11 Å². The third kappa shape index (κ3) is 6.49. The zero-order valence-corrected chi connectivity index (χ0v) is 18.5. The van der Waals surface area contributed by atoms with Crippen molar-refractivity contribution in [2.24, 2.45) is 0 Å². The number of benzene rings is 2. The largest absolute Gasteiger partial charge is 0.496 e. The molecular weight excluding hydrogens is 445 g/mol. The lowest BCUT2D eigenvalue weighted by Gasteiger charge is -2.13. The van der Waals surface area contributed by atoms with Crippen molar-refractivity contribution in [3.63, 3.8) is 0 Å². The molecule has 1 aliphatic heterocycles. The monoisotopic (exact) mass is 468 g/mol. The van der Waals surface area contributed by atoms with E-state index in [0.29, 0.717) is 16.9 Å². The summed E-state index contributed by atoms with van der Waals surface area (Å²) in [6, 6.07) is 9.34. The number of imide groups is 1. The topological polar surface area (TPSA) is 84.5 Å². The molecule has 2 aromatic rings. The summed E-state index contributed by atoms with van der Waals surface area (Å²) in [6.07, 6.45) is -4.17. The summed E-state index contributed by atoms with van der Waals surface area (Å²) in [4.78, 5) is 35.7. The molecule has 0 bridgehead atoms. The second kappa shape index (κ2) is 11.0. The Morgan fingerprint density at radius 3 is 2.25 bits per heavy atom. The van der Waals surface area contributed by atoms with Crippen LogP contribution in [0.2, 0.25) is 0 Å². The molecule has 32 heavy (non-hydrogen) atoms. The number of amides is 3. The number of methoxy groups -OCH3 is 1. The van der Waals surface area contributed by atoms with E-state index in [-0.39, 0.29) is 24.4 Å². The van der Waals surface area contributed by atoms with Crippen molar-refractivity contribution in [1.82, 2.24) is 10.6 Å². The van der Waals surface area contributed by atoms with Gasteiger partial charge in [-0.1, -0.05) is 43.8 Å². The second-order valence-electron chi connectivity index (χ2n) is 6.50. The van der Waals surface area contributed by atoms with Crippen LogP contribution in [0.3, 0.4) is 0 Å². The Morgan fingerprint density at radius 2 is 1.72 bits per heavy atom. The normalized spacial score (nSPS) is 15.5. The molecule has 1 saturated heterocycles. The fourth-order valence-electron chi connectivity index (χ4n) is 2.89. The molecule has 1 aliphatic rings. The van der Waals surface area contributed by atoms with Crippen molar-refractivity contribution in [3.05, 3.63) is 64.7 Å². The van der Waals surface area contributed by atoms with Gasteiger partial charge >= 0.3 is 6.18 Å². The van der Waals surface area contributed by atoms with Crippen molar-refractivity contribution in [2.45, 2.75) is 38.2 Å². The molecule has 1 unspecified atom stereocenters. The van der Waals surface area contributed by atoms with Crippen molar-refractivity contribution in [1.29, 1.82) is 0 Å². The standard InChI is InChI=1S/C20H17F3N2O4S.C2H6/c1-29-15-7-4-12(9-16-18(27)25-19(28)30-16)8-14(15)17(26)24-10-11-2-5-13(6-3-11)20(21,22)23;1-2/h2-8,16H,9-10H2,1H3,(H,24,26)(H,25,27,28);1-2H3. The Kier molecular flexibility index (Phi) is 8.71. The number of thioether (sulfide) groups is 1. The third-order valence-corrected chi connectivity index (χ3v) is 5.41. The first-order valence-electron chi connectivity index (χ1n) is 9.80. The third-order valence-electron chi connectivity index (χ3n) is 4.43. The van der Waals surface area contributed by atoms with E-state index in [0.717, 1.165) is 23.9 Å². The van der Waals surface area contributed by atoms with E-state index in [1.54, 1.807) is 18.2 Å². The number of rotatable bonds is 6. The van der Waals surface area contributed by atoms with Crippen LogP contribution in [-0.2, 0) is 23.9 Å². The van der Waals surface area contributed by atoms with Crippen LogP contribution in [0.15, 0.2) is 42.5 Å². The van der Waals surface area contributed by atoms with Gasteiger partial charge in [0.05, 0.1) is 23.5 Å². The zero-order chi connectivity index (χ0) is 23.9. The average molecular weight is 468 g/mol. The molecule has 2 N–H and O–H groups in total. The molecule has 3 rings (SSSR count). The van der Waals surface area contributed by atoms with E-state index in [9.17, 15) is 27.6 Å². The van der Waals surface area contributed by atoms with Gasteiger partial charge in [0.1, 0.15) is 5.75 Å². The second-order valence-corrected chi connectivity index (χ2v) is 7.67. The molecule has 1 heterocycles. The Bertz CT molecular complexity index is 978. The van der Waals surface area contributed by atoms with Gasteiger partial charge in [-0.2, -0.15) is 13.2 Å². The maximum atomic E-state index is 12.6. The first-order chi connectivity index (χ1) is 15.2. The zero-order valence-electron chi connectivity index (χ0n) is 17.7. The van der Waals surface area contributed by atoms with Gasteiger partial charge in [0.15, 0.2) is 0 Å². The summed E-state index contributed by atoms with van der Waals surface area (Å²) in [6.45, 7) is 4.03. The van der Waals surface area contributed by atoms with Gasteiger partial charge < -0.3 is 10.1 Å². The summed E-state index contributed by atoms with van der Waals surface area (Å²) < 4.78 is 43.1. The number of halogens is 3. The Balaban J connectivity index is 0.00000176. The number of carbonyl (C=O) groups excluding carboxylic acids is 3. The molecule has 0 aromatic heterocycles. The van der Waals surface area contributed by atoms with Crippen LogP contribution in [0.4, 0.5) is 18.0 Å². The number of hydrogen-bond donors (Lipinski definition) is 2. The van der Waals surface area contributed by atoms with Gasteiger partial charge in [-0.05, 0) is 41.8 Å². The minimum atomic E-state index is -4.42. The summed E-state index contributed by atoms with van der Waals surface area (Å²) in [7, 11) is 1.40. The summed E-state index contributed by atoms with van der Waals surface area (Å²) in [5, 5.41) is 3.87. The van der Waals surface area contributed by atoms with Gasteiger partial charge in [0.2, 0.25) is 5.91 Å². The van der Waals surface area contributed by atoms with Crippen LogP contribution < -0.4 is 15.4 Å². The molecule has 0 aliphatic carbocycles. The molecule has 0 spiro atoms. The maximum absolute atomic E-state index is 12.6.